The lowest BCUT2D eigenvalue weighted by atomic mass is 10.2. The van der Waals surface area contributed by atoms with E-state index in [0.717, 1.165) is 24.2 Å². The number of carbonyl (C=O) groups is 1. The van der Waals surface area contributed by atoms with Gasteiger partial charge in [-0.05, 0) is 31.0 Å². The van der Waals surface area contributed by atoms with Gasteiger partial charge in [-0.1, -0.05) is 30.6 Å². The molecule has 0 spiro atoms. The van der Waals surface area contributed by atoms with Crippen LogP contribution in [0.2, 0.25) is 0 Å². The van der Waals surface area contributed by atoms with Gasteiger partial charge in [-0.15, -0.1) is 0 Å². The fourth-order valence-corrected chi connectivity index (χ4v) is 1.82. The summed E-state index contributed by atoms with van der Waals surface area (Å²) in [5.41, 5.74) is 1.67. The second-order valence-electron chi connectivity index (χ2n) is 4.86. The Morgan fingerprint density at radius 2 is 2.24 bits per heavy atom. The Morgan fingerprint density at radius 1 is 1.38 bits per heavy atom. The van der Waals surface area contributed by atoms with E-state index in [2.05, 4.69) is 17.4 Å². The van der Waals surface area contributed by atoms with Gasteiger partial charge in [0.25, 0.3) is 5.91 Å². The number of aryl methyl sites for hydroxylation is 1. The number of hydrogen-bond acceptors (Lipinski definition) is 4. The standard InChI is InChI=1S/C16H20N2O3/c1-3-4-8-20-14-7-5-6-13(10-14)11-17-16(19)15-9-12(2)18-21-15/h5-7,9-10H,3-4,8,11H2,1-2H3,(H,17,19). The van der Waals surface area contributed by atoms with E-state index in [1.54, 1.807) is 13.0 Å². The number of amides is 1. The number of nitrogens with one attached hydrogen (secondary N) is 1. The molecule has 1 heterocycles. The van der Waals surface area contributed by atoms with Crippen molar-refractivity contribution in [1.29, 1.82) is 0 Å². The number of benzene rings is 1. The minimum absolute atomic E-state index is 0.225. The maximum atomic E-state index is 11.9. The number of unbranched alkanes of at least 4 members (excludes halogenated alkanes) is 1. The Balaban J connectivity index is 1.88. The van der Waals surface area contributed by atoms with Gasteiger partial charge in [-0.2, -0.15) is 0 Å². The summed E-state index contributed by atoms with van der Waals surface area (Å²) in [6.07, 6.45) is 2.14. The molecule has 2 rings (SSSR count). The van der Waals surface area contributed by atoms with Gasteiger partial charge < -0.3 is 14.6 Å². The van der Waals surface area contributed by atoms with Crippen molar-refractivity contribution in [1.82, 2.24) is 10.5 Å². The molecule has 0 fully saturated rings. The summed E-state index contributed by atoms with van der Waals surface area (Å²) in [5.74, 6) is 0.779. The van der Waals surface area contributed by atoms with Crippen molar-refractivity contribution in [2.45, 2.75) is 33.2 Å². The van der Waals surface area contributed by atoms with Gasteiger partial charge in [0.2, 0.25) is 5.76 Å². The van der Waals surface area contributed by atoms with Gasteiger partial charge in [0.05, 0.1) is 12.3 Å². The number of ether oxygens (including phenoxy) is 1. The van der Waals surface area contributed by atoms with Crippen molar-refractivity contribution in [2.24, 2.45) is 0 Å². The maximum Gasteiger partial charge on any atom is 0.290 e. The van der Waals surface area contributed by atoms with Gasteiger partial charge in [-0.3, -0.25) is 4.79 Å². The number of aromatic nitrogens is 1. The zero-order valence-electron chi connectivity index (χ0n) is 12.4. The number of carbonyl (C=O) groups excluding carboxylic acids is 1. The second kappa shape index (κ2) is 7.47. The van der Waals surface area contributed by atoms with E-state index in [1.165, 1.54) is 0 Å². The van der Waals surface area contributed by atoms with Gasteiger partial charge >= 0.3 is 0 Å². The molecule has 0 bridgehead atoms. The van der Waals surface area contributed by atoms with E-state index in [9.17, 15) is 4.79 Å². The lowest BCUT2D eigenvalue weighted by Crippen LogP contribution is -2.22. The lowest BCUT2D eigenvalue weighted by molar-refractivity contribution is 0.0914. The third-order valence-corrected chi connectivity index (χ3v) is 2.97. The van der Waals surface area contributed by atoms with E-state index in [-0.39, 0.29) is 11.7 Å². The van der Waals surface area contributed by atoms with Crippen LogP contribution in [0.15, 0.2) is 34.9 Å². The molecule has 0 aliphatic rings. The molecule has 1 amide bonds. The van der Waals surface area contributed by atoms with Crippen LogP contribution in [0, 0.1) is 6.92 Å². The summed E-state index contributed by atoms with van der Waals surface area (Å²) in [5, 5.41) is 6.49. The van der Waals surface area contributed by atoms with Gasteiger partial charge in [0.15, 0.2) is 0 Å². The molecule has 0 unspecified atom stereocenters. The van der Waals surface area contributed by atoms with Crippen LogP contribution in [0.25, 0.3) is 0 Å². The highest BCUT2D eigenvalue weighted by molar-refractivity contribution is 5.91. The summed E-state index contributed by atoms with van der Waals surface area (Å²) in [4.78, 5) is 11.9. The minimum Gasteiger partial charge on any atom is -0.494 e. The molecule has 112 valence electrons. The molecule has 5 heteroatoms. The van der Waals surface area contributed by atoms with E-state index >= 15 is 0 Å². The molecular formula is C16H20N2O3. The van der Waals surface area contributed by atoms with Crippen molar-refractivity contribution in [3.63, 3.8) is 0 Å². The highest BCUT2D eigenvalue weighted by Gasteiger charge is 2.10. The molecule has 0 aliphatic carbocycles. The number of nitrogens with zero attached hydrogens (tertiary/aromatic N) is 1. The SMILES string of the molecule is CCCCOc1cccc(CNC(=O)c2cc(C)no2)c1. The molecule has 5 nitrogen and oxygen atoms in total. The Labute approximate surface area is 124 Å². The van der Waals surface area contributed by atoms with Crippen LogP contribution < -0.4 is 10.1 Å². The molecule has 1 aromatic heterocycles. The van der Waals surface area contributed by atoms with Gasteiger partial charge in [0, 0.05) is 12.6 Å². The van der Waals surface area contributed by atoms with Crippen LogP contribution in [-0.2, 0) is 6.54 Å². The summed E-state index contributed by atoms with van der Waals surface area (Å²) < 4.78 is 10.6. The molecule has 0 saturated carbocycles. The van der Waals surface area contributed by atoms with Gasteiger partial charge in [0.1, 0.15) is 5.75 Å². The first-order valence-corrected chi connectivity index (χ1v) is 7.12. The van der Waals surface area contributed by atoms with Crippen molar-refractivity contribution in [2.75, 3.05) is 6.61 Å². The van der Waals surface area contributed by atoms with E-state index < -0.39 is 0 Å². The number of rotatable bonds is 7. The third-order valence-electron chi connectivity index (χ3n) is 2.97. The first-order valence-electron chi connectivity index (χ1n) is 7.12. The van der Waals surface area contributed by atoms with Crippen LogP contribution >= 0.6 is 0 Å². The number of hydrogen-bond donors (Lipinski definition) is 1. The molecule has 21 heavy (non-hydrogen) atoms. The van der Waals surface area contributed by atoms with Crippen molar-refractivity contribution in [3.8, 4) is 5.75 Å². The van der Waals surface area contributed by atoms with Crippen LogP contribution in [0.4, 0.5) is 0 Å². The average Bonchev–Trinajstić information content (AvgIpc) is 2.92. The maximum absolute atomic E-state index is 11.9. The van der Waals surface area contributed by atoms with Crippen molar-refractivity contribution < 1.29 is 14.1 Å². The normalized spacial score (nSPS) is 10.4. The quantitative estimate of drug-likeness (QED) is 0.795. The molecule has 1 aromatic carbocycles. The summed E-state index contributed by atoms with van der Waals surface area (Å²) in [7, 11) is 0. The lowest BCUT2D eigenvalue weighted by Gasteiger charge is -2.08. The molecule has 0 saturated heterocycles. The Morgan fingerprint density at radius 3 is 2.95 bits per heavy atom. The van der Waals surface area contributed by atoms with Crippen LogP contribution in [0.1, 0.15) is 41.6 Å². The van der Waals surface area contributed by atoms with Crippen LogP contribution in [0.5, 0.6) is 5.75 Å². The first kappa shape index (κ1) is 15.1. The van der Waals surface area contributed by atoms with E-state index in [1.807, 2.05) is 24.3 Å². The fourth-order valence-electron chi connectivity index (χ4n) is 1.82. The zero-order valence-corrected chi connectivity index (χ0v) is 12.4. The predicted molar refractivity (Wildman–Crippen MR) is 79.3 cm³/mol. The van der Waals surface area contributed by atoms with E-state index in [0.29, 0.717) is 18.8 Å². The Bertz CT molecular complexity index is 593. The first-order chi connectivity index (χ1) is 10.2. The summed E-state index contributed by atoms with van der Waals surface area (Å²) in [6.45, 7) is 5.03. The molecular weight excluding hydrogens is 268 g/mol. The molecule has 2 aromatic rings. The molecule has 0 atom stereocenters. The highest BCUT2D eigenvalue weighted by atomic mass is 16.5. The molecule has 0 aliphatic heterocycles. The van der Waals surface area contributed by atoms with Crippen molar-refractivity contribution >= 4 is 5.91 Å². The monoisotopic (exact) mass is 288 g/mol. The Kier molecular flexibility index (Phi) is 5.37. The fraction of sp³-hybridized carbons (Fsp3) is 0.375. The topological polar surface area (TPSA) is 64.4 Å². The minimum atomic E-state index is -0.270. The van der Waals surface area contributed by atoms with Gasteiger partial charge in [-0.25, -0.2) is 0 Å². The second-order valence-corrected chi connectivity index (χ2v) is 4.86. The average molecular weight is 288 g/mol. The predicted octanol–water partition coefficient (Wildman–Crippen LogP) is 3.09. The van der Waals surface area contributed by atoms with Crippen molar-refractivity contribution in [3.05, 3.63) is 47.3 Å². The molecule has 0 radical (unpaired) electrons. The summed E-state index contributed by atoms with van der Waals surface area (Å²) >= 11 is 0. The highest BCUT2D eigenvalue weighted by Crippen LogP contribution is 2.14. The molecule has 1 N–H and O–H groups in total. The third kappa shape index (κ3) is 4.63. The smallest absolute Gasteiger partial charge is 0.290 e. The summed E-state index contributed by atoms with van der Waals surface area (Å²) in [6, 6.07) is 9.32. The Hall–Kier alpha value is -2.30. The van der Waals surface area contributed by atoms with Crippen LogP contribution in [-0.4, -0.2) is 17.7 Å². The zero-order chi connectivity index (χ0) is 15.1. The van der Waals surface area contributed by atoms with Crippen LogP contribution in [0.3, 0.4) is 0 Å². The van der Waals surface area contributed by atoms with E-state index in [4.69, 9.17) is 9.26 Å². The largest absolute Gasteiger partial charge is 0.494 e.